The van der Waals surface area contributed by atoms with Crippen molar-refractivity contribution in [2.24, 2.45) is 5.41 Å². The number of likely N-dealkylation sites (tertiary alicyclic amines) is 1. The summed E-state index contributed by atoms with van der Waals surface area (Å²) in [6.07, 6.45) is 0.0499. The van der Waals surface area contributed by atoms with Crippen LogP contribution in [0.2, 0.25) is 0 Å². The van der Waals surface area contributed by atoms with Gasteiger partial charge in [0.2, 0.25) is 10.0 Å². The lowest BCUT2D eigenvalue weighted by Crippen LogP contribution is -2.52. The number of piperidine rings is 1. The van der Waals surface area contributed by atoms with E-state index in [1.165, 1.54) is 12.1 Å². The number of halogens is 2. The van der Waals surface area contributed by atoms with E-state index in [9.17, 15) is 27.1 Å². The molecule has 3 N–H and O–H groups in total. The van der Waals surface area contributed by atoms with E-state index in [0.29, 0.717) is 44.3 Å². The van der Waals surface area contributed by atoms with Crippen LogP contribution in [0.5, 0.6) is 11.5 Å². The highest BCUT2D eigenvalue weighted by Crippen LogP contribution is 2.37. The van der Waals surface area contributed by atoms with Crippen LogP contribution in [0.1, 0.15) is 12.8 Å². The molecule has 3 aromatic rings. The number of urea groups is 1. The summed E-state index contributed by atoms with van der Waals surface area (Å²) in [6, 6.07) is 14.7. The fraction of sp³-hybridized carbons (Fsp3) is 0.387. The lowest BCUT2D eigenvalue weighted by atomic mass is 9.78. The summed E-state index contributed by atoms with van der Waals surface area (Å²) in [5, 5.41) is 13.1. The van der Waals surface area contributed by atoms with Crippen LogP contribution in [-0.4, -0.2) is 88.9 Å². The zero-order chi connectivity index (χ0) is 31.5. The number of carbonyl (C=O) groups is 1. The molecule has 3 aromatic carbocycles. The van der Waals surface area contributed by atoms with Gasteiger partial charge in [-0.2, -0.15) is 0 Å². The molecule has 10 nitrogen and oxygen atoms in total. The number of aliphatic hydroxyl groups excluding tert-OH is 1. The molecule has 1 fully saturated rings. The molecular weight excluding hydrogens is 594 g/mol. The van der Waals surface area contributed by atoms with Crippen molar-refractivity contribution >= 4 is 21.7 Å². The van der Waals surface area contributed by atoms with Crippen molar-refractivity contribution in [1.29, 1.82) is 0 Å². The van der Waals surface area contributed by atoms with Crippen molar-refractivity contribution in [3.05, 3.63) is 72.3 Å². The average Bonchev–Trinajstić information content (AvgIpc) is 3.00. The number of rotatable bonds is 3. The van der Waals surface area contributed by atoms with E-state index in [2.05, 4.69) is 10.0 Å². The predicted molar refractivity (Wildman–Crippen MR) is 161 cm³/mol. The summed E-state index contributed by atoms with van der Waals surface area (Å²) in [4.78, 5) is 16.4. The number of methoxy groups -OCH3 is 1. The van der Waals surface area contributed by atoms with Crippen molar-refractivity contribution in [1.82, 2.24) is 14.5 Å². The number of hydrogen-bond acceptors (Lipinski definition) is 7. The summed E-state index contributed by atoms with van der Waals surface area (Å²) < 4.78 is 68.3. The van der Waals surface area contributed by atoms with Gasteiger partial charge in [0.25, 0.3) is 0 Å². The highest BCUT2D eigenvalue weighted by molar-refractivity contribution is 7.89. The molecule has 2 amide bonds. The van der Waals surface area contributed by atoms with E-state index < -0.39 is 39.2 Å². The Balaban J connectivity index is 1.40. The van der Waals surface area contributed by atoms with E-state index in [4.69, 9.17) is 9.47 Å². The number of sulfonamides is 1. The van der Waals surface area contributed by atoms with Gasteiger partial charge in [0.15, 0.2) is 0 Å². The molecule has 0 aromatic heterocycles. The van der Waals surface area contributed by atoms with Gasteiger partial charge in [-0.1, -0.05) is 18.2 Å². The molecule has 0 aliphatic carbocycles. The number of benzene rings is 3. The first-order valence-electron chi connectivity index (χ1n) is 14.3. The zero-order valence-electron chi connectivity index (χ0n) is 24.6. The number of anilines is 1. The van der Waals surface area contributed by atoms with E-state index in [1.54, 1.807) is 24.1 Å². The van der Waals surface area contributed by atoms with Crippen molar-refractivity contribution in [3.63, 3.8) is 0 Å². The third kappa shape index (κ3) is 7.29. The van der Waals surface area contributed by atoms with Crippen LogP contribution in [0.25, 0.3) is 11.1 Å². The Bertz CT molecular complexity index is 1610. The highest BCUT2D eigenvalue weighted by Gasteiger charge is 2.39. The second kappa shape index (κ2) is 13.1. The molecule has 1 saturated heterocycles. The number of carbonyl (C=O) groups excluding carboxylic acids is 1. The van der Waals surface area contributed by atoms with Gasteiger partial charge >= 0.3 is 6.03 Å². The van der Waals surface area contributed by atoms with Crippen LogP contribution < -0.4 is 19.5 Å². The normalized spacial score (nSPS) is 20.5. The number of nitrogens with zero attached hydrogens (tertiary/aromatic N) is 2. The molecule has 0 bridgehead atoms. The molecular formula is C31H36F2N4O6S. The van der Waals surface area contributed by atoms with E-state index >= 15 is 0 Å². The third-order valence-electron chi connectivity index (χ3n) is 8.09. The topological polar surface area (TPSA) is 120 Å². The molecule has 2 aliphatic heterocycles. The molecule has 1 atom stereocenters. The minimum Gasteiger partial charge on any atom is -0.497 e. The summed E-state index contributed by atoms with van der Waals surface area (Å²) in [5.41, 5.74) is 0.939. The Morgan fingerprint density at radius 1 is 1.09 bits per heavy atom. The van der Waals surface area contributed by atoms with Gasteiger partial charge in [0.05, 0.1) is 25.5 Å². The molecule has 0 saturated carbocycles. The molecule has 13 heteroatoms. The molecule has 1 unspecified atom stereocenters. The Hall–Kier alpha value is -3.78. The van der Waals surface area contributed by atoms with Crippen molar-refractivity contribution in [2.75, 3.05) is 58.8 Å². The van der Waals surface area contributed by atoms with Crippen molar-refractivity contribution in [2.45, 2.75) is 23.8 Å². The molecule has 0 radical (unpaired) electrons. The summed E-state index contributed by atoms with van der Waals surface area (Å²) in [7, 11) is -0.610. The van der Waals surface area contributed by atoms with Gasteiger partial charge in [-0.3, -0.25) is 0 Å². The quantitative estimate of drug-likeness (QED) is 0.401. The lowest BCUT2D eigenvalue weighted by Gasteiger charge is -2.44. The van der Waals surface area contributed by atoms with Crippen molar-refractivity contribution in [3.8, 4) is 22.6 Å². The molecule has 44 heavy (non-hydrogen) atoms. The predicted octanol–water partition coefficient (Wildman–Crippen LogP) is 3.92. The molecule has 2 aliphatic rings. The standard InChI is InChI=1S/C31H36F2N4O6S/c1-36-18-24(38)17-34-44(40,41)29-9-6-22(21-4-3-5-25(14-21)42-2)15-28(29)43-20-31(19-36)10-12-37(13-11-31)30(39)35-27-8-7-23(32)16-26(27)33/h3-9,14-16,24,34,38H,10-13,17-20H2,1-2H3,(H,35,39). The monoisotopic (exact) mass is 630 g/mol. The lowest BCUT2D eigenvalue weighted by molar-refractivity contribution is 0.0256. The van der Waals surface area contributed by atoms with Gasteiger partial charge in [-0.25, -0.2) is 26.7 Å². The summed E-state index contributed by atoms with van der Waals surface area (Å²) in [5.74, 6) is -0.782. The number of amides is 2. The SMILES string of the molecule is COc1cccc(-c2ccc3c(c2)OCC2(CCN(C(=O)Nc4ccc(F)cc4F)CC2)CN(C)CC(O)CNS3(=O)=O)c1. The number of β-amino-alcohol motifs (C(OH)–C–C–N with tert-alkyl or cyclic N) is 1. The van der Waals surface area contributed by atoms with Crippen LogP contribution in [0, 0.1) is 17.0 Å². The third-order valence-corrected chi connectivity index (χ3v) is 9.55. The smallest absolute Gasteiger partial charge is 0.321 e. The van der Waals surface area contributed by atoms with Crippen LogP contribution >= 0.6 is 0 Å². The molecule has 1 spiro atoms. The number of nitrogens with one attached hydrogen (secondary N) is 2. The Kier molecular flexibility index (Phi) is 9.39. The summed E-state index contributed by atoms with van der Waals surface area (Å²) >= 11 is 0. The van der Waals surface area contributed by atoms with Gasteiger partial charge in [0.1, 0.15) is 28.0 Å². The van der Waals surface area contributed by atoms with Gasteiger partial charge in [0, 0.05) is 44.2 Å². The van der Waals surface area contributed by atoms with Gasteiger partial charge in [-0.15, -0.1) is 0 Å². The summed E-state index contributed by atoms with van der Waals surface area (Å²) in [6.45, 7) is 1.36. The minimum atomic E-state index is -4.02. The first-order chi connectivity index (χ1) is 21.0. The number of hydrogen-bond donors (Lipinski definition) is 3. The van der Waals surface area contributed by atoms with E-state index in [-0.39, 0.29) is 36.0 Å². The largest absolute Gasteiger partial charge is 0.497 e. The maximum atomic E-state index is 14.1. The zero-order valence-corrected chi connectivity index (χ0v) is 25.4. The molecule has 236 valence electrons. The first kappa shape index (κ1) is 31.6. The second-order valence-electron chi connectivity index (χ2n) is 11.4. The highest BCUT2D eigenvalue weighted by atomic mass is 32.2. The van der Waals surface area contributed by atoms with Crippen LogP contribution in [0.4, 0.5) is 19.3 Å². The fourth-order valence-electron chi connectivity index (χ4n) is 5.72. The maximum absolute atomic E-state index is 14.1. The Morgan fingerprint density at radius 3 is 2.57 bits per heavy atom. The van der Waals surface area contributed by atoms with Crippen LogP contribution in [-0.2, 0) is 10.0 Å². The number of ether oxygens (including phenoxy) is 2. The van der Waals surface area contributed by atoms with E-state index in [1.807, 2.05) is 36.2 Å². The maximum Gasteiger partial charge on any atom is 0.321 e. The minimum absolute atomic E-state index is 0.0430. The number of likely N-dealkylation sites (N-methyl/N-ethyl adjacent to an activating group) is 1. The Labute approximate surface area is 255 Å². The average molecular weight is 631 g/mol. The van der Waals surface area contributed by atoms with Crippen LogP contribution in [0.15, 0.2) is 65.6 Å². The Morgan fingerprint density at radius 2 is 1.84 bits per heavy atom. The number of fused-ring (bicyclic) bond motifs is 1. The second-order valence-corrected chi connectivity index (χ2v) is 13.2. The van der Waals surface area contributed by atoms with E-state index in [0.717, 1.165) is 17.2 Å². The van der Waals surface area contributed by atoms with Crippen molar-refractivity contribution < 1.29 is 36.6 Å². The number of aliphatic hydroxyl groups is 1. The fourth-order valence-corrected chi connectivity index (χ4v) is 6.92. The molecule has 5 rings (SSSR count). The van der Waals surface area contributed by atoms with Crippen LogP contribution in [0.3, 0.4) is 0 Å². The van der Waals surface area contributed by atoms with Gasteiger partial charge < -0.3 is 29.7 Å². The van der Waals surface area contributed by atoms with Gasteiger partial charge in [-0.05, 0) is 67.4 Å². The molecule has 2 heterocycles. The first-order valence-corrected chi connectivity index (χ1v) is 15.7.